The van der Waals surface area contributed by atoms with Gasteiger partial charge in [-0.1, -0.05) is 44.7 Å². The molecule has 0 unspecified atom stereocenters. The summed E-state index contributed by atoms with van der Waals surface area (Å²) in [6.45, 7) is 2.50. The molecule has 0 bridgehead atoms. The van der Waals surface area contributed by atoms with E-state index in [1.807, 2.05) is 0 Å². The maximum Gasteiger partial charge on any atom is 0.286 e. The van der Waals surface area contributed by atoms with Gasteiger partial charge in [0.25, 0.3) is 11.8 Å². The summed E-state index contributed by atoms with van der Waals surface area (Å²) in [6, 6.07) is 6.96. The molecule has 0 aliphatic carbocycles. The molecule has 0 N–H and O–H groups in total. The van der Waals surface area contributed by atoms with Crippen molar-refractivity contribution >= 4 is 22.6 Å². The van der Waals surface area contributed by atoms with Crippen molar-refractivity contribution in [2.24, 2.45) is 0 Å². The van der Waals surface area contributed by atoms with E-state index in [2.05, 4.69) is 6.92 Å². The Bertz CT molecular complexity index is 861. The van der Waals surface area contributed by atoms with Crippen molar-refractivity contribution in [3.05, 3.63) is 35.4 Å². The topological polar surface area (TPSA) is 65.1 Å². The largest absolute Gasteiger partial charge is 0.496 e. The molecule has 1 aliphatic rings. The molecule has 0 radical (unpaired) electrons. The van der Waals surface area contributed by atoms with Crippen LogP contribution in [0.2, 0.25) is 0 Å². The second-order valence-corrected chi connectivity index (χ2v) is 6.54. The number of imide groups is 1. The first kappa shape index (κ1) is 19.2. The molecule has 27 heavy (non-hydrogen) atoms. The summed E-state index contributed by atoms with van der Waals surface area (Å²) in [5.74, 6) is 0.183. The second kappa shape index (κ2) is 8.39. The summed E-state index contributed by atoms with van der Waals surface area (Å²) in [5, 5.41) is 2.17. The fourth-order valence-electron chi connectivity index (χ4n) is 3.43. The zero-order chi connectivity index (χ0) is 19.4. The van der Waals surface area contributed by atoms with Crippen LogP contribution in [0.3, 0.4) is 0 Å². The van der Waals surface area contributed by atoms with Crippen LogP contribution >= 0.6 is 0 Å². The van der Waals surface area contributed by atoms with E-state index in [9.17, 15) is 9.59 Å². The Morgan fingerprint density at radius 3 is 2.37 bits per heavy atom. The van der Waals surface area contributed by atoms with Gasteiger partial charge in [0, 0.05) is 5.39 Å². The number of hydrogen-bond acceptors (Lipinski definition) is 5. The first-order valence-corrected chi connectivity index (χ1v) is 9.33. The predicted octanol–water partition coefficient (Wildman–Crippen LogP) is 4.36. The Morgan fingerprint density at radius 2 is 1.67 bits per heavy atom. The lowest BCUT2D eigenvalue weighted by Gasteiger charge is -2.13. The van der Waals surface area contributed by atoms with Crippen LogP contribution < -0.4 is 9.47 Å². The average Bonchev–Trinajstić information content (AvgIpc) is 2.93. The third-order valence-electron chi connectivity index (χ3n) is 4.81. The maximum absolute atomic E-state index is 12.9. The summed E-state index contributed by atoms with van der Waals surface area (Å²) in [6.07, 6.45) is 5.30. The highest BCUT2D eigenvalue weighted by molar-refractivity contribution is 6.27. The summed E-state index contributed by atoms with van der Waals surface area (Å²) in [4.78, 5) is 31.1. The van der Waals surface area contributed by atoms with E-state index in [0.29, 0.717) is 40.0 Å². The van der Waals surface area contributed by atoms with Gasteiger partial charge in [-0.2, -0.15) is 0 Å². The maximum atomic E-state index is 12.9. The molecular weight excluding hydrogens is 346 g/mol. The first-order valence-electron chi connectivity index (χ1n) is 9.33. The van der Waals surface area contributed by atoms with Gasteiger partial charge < -0.3 is 9.47 Å². The molecule has 0 saturated carbocycles. The monoisotopic (exact) mass is 371 g/mol. The van der Waals surface area contributed by atoms with Crippen molar-refractivity contribution in [3.63, 3.8) is 0 Å². The van der Waals surface area contributed by atoms with Gasteiger partial charge in [0.05, 0.1) is 37.3 Å². The van der Waals surface area contributed by atoms with E-state index in [1.54, 1.807) is 31.4 Å². The number of carbonyl (C=O) groups excluding carboxylic acids is 2. The Labute approximate surface area is 158 Å². The van der Waals surface area contributed by atoms with Crippen LogP contribution in [0.1, 0.15) is 59.7 Å². The van der Waals surface area contributed by atoms with Crippen molar-refractivity contribution in [2.75, 3.05) is 20.8 Å². The fraction of sp³-hybridized carbons (Fsp3) is 0.429. The lowest BCUT2D eigenvalue weighted by molar-refractivity contribution is -0.0922. The molecular formula is C21H25NO5. The van der Waals surface area contributed by atoms with E-state index >= 15 is 0 Å². The highest BCUT2D eigenvalue weighted by Crippen LogP contribution is 2.40. The van der Waals surface area contributed by atoms with E-state index in [1.165, 1.54) is 13.5 Å². The lowest BCUT2D eigenvalue weighted by atomic mass is 9.98. The van der Waals surface area contributed by atoms with Gasteiger partial charge in [0.2, 0.25) is 0 Å². The number of hydrogen-bond donors (Lipinski definition) is 0. The van der Waals surface area contributed by atoms with Crippen LogP contribution in [0.25, 0.3) is 10.8 Å². The van der Waals surface area contributed by atoms with Gasteiger partial charge in [-0.3, -0.25) is 14.4 Å². The molecule has 3 rings (SSSR count). The smallest absolute Gasteiger partial charge is 0.286 e. The standard InChI is InChI=1S/C21H25NO5/c1-4-5-6-7-8-12-27-22-20(23)15-13-17(26-3)19-14(18(15)21(22)24)10-9-11-16(19)25-2/h9-11,13H,4-8,12H2,1-3H3. The van der Waals surface area contributed by atoms with Crippen molar-refractivity contribution in [1.82, 2.24) is 5.06 Å². The van der Waals surface area contributed by atoms with E-state index < -0.39 is 11.8 Å². The van der Waals surface area contributed by atoms with E-state index in [0.717, 1.165) is 30.7 Å². The summed E-state index contributed by atoms with van der Waals surface area (Å²) >= 11 is 0. The van der Waals surface area contributed by atoms with E-state index in [-0.39, 0.29) is 0 Å². The summed E-state index contributed by atoms with van der Waals surface area (Å²) < 4.78 is 10.9. The summed E-state index contributed by atoms with van der Waals surface area (Å²) in [5.41, 5.74) is 0.629. The number of fused-ring (bicyclic) bond motifs is 3. The van der Waals surface area contributed by atoms with Gasteiger partial charge in [-0.05, 0) is 18.6 Å². The Kier molecular flexibility index (Phi) is 5.96. The molecule has 2 amide bonds. The number of hydroxylamine groups is 2. The molecule has 1 aliphatic heterocycles. The van der Waals surface area contributed by atoms with Crippen molar-refractivity contribution in [1.29, 1.82) is 0 Å². The molecule has 0 fully saturated rings. The normalized spacial score (nSPS) is 13.4. The van der Waals surface area contributed by atoms with Crippen LogP contribution in [0.15, 0.2) is 24.3 Å². The average molecular weight is 371 g/mol. The molecule has 0 atom stereocenters. The third kappa shape index (κ3) is 3.49. The highest BCUT2D eigenvalue weighted by Gasteiger charge is 2.39. The number of unbranched alkanes of at least 4 members (excludes halogenated alkanes) is 4. The van der Waals surface area contributed by atoms with E-state index in [4.69, 9.17) is 14.3 Å². The molecule has 1 heterocycles. The minimum absolute atomic E-state index is 0.295. The van der Waals surface area contributed by atoms with Gasteiger partial charge in [-0.15, -0.1) is 5.06 Å². The molecule has 144 valence electrons. The minimum Gasteiger partial charge on any atom is -0.496 e. The summed E-state index contributed by atoms with van der Waals surface area (Å²) in [7, 11) is 3.09. The zero-order valence-electron chi connectivity index (χ0n) is 16.0. The number of ether oxygens (including phenoxy) is 2. The van der Waals surface area contributed by atoms with Crippen LogP contribution in [-0.2, 0) is 4.84 Å². The van der Waals surface area contributed by atoms with Crippen LogP contribution in [0.5, 0.6) is 11.5 Å². The number of nitrogens with zero attached hydrogens (tertiary/aromatic N) is 1. The molecule has 2 aromatic carbocycles. The number of benzene rings is 2. The van der Waals surface area contributed by atoms with Gasteiger partial charge in [-0.25, -0.2) is 0 Å². The minimum atomic E-state index is -0.452. The van der Waals surface area contributed by atoms with Gasteiger partial charge >= 0.3 is 0 Å². The molecule has 6 heteroatoms. The number of amides is 2. The quantitative estimate of drug-likeness (QED) is 0.484. The van der Waals surface area contributed by atoms with Crippen LogP contribution in [0.4, 0.5) is 0 Å². The van der Waals surface area contributed by atoms with Gasteiger partial charge in [0.15, 0.2) is 0 Å². The van der Waals surface area contributed by atoms with Crippen LogP contribution in [0, 0.1) is 0 Å². The van der Waals surface area contributed by atoms with Crippen molar-refractivity contribution in [2.45, 2.75) is 39.0 Å². The molecule has 2 aromatic rings. The number of rotatable bonds is 9. The van der Waals surface area contributed by atoms with Crippen LogP contribution in [-0.4, -0.2) is 37.7 Å². The first-order chi connectivity index (χ1) is 13.1. The molecule has 0 spiro atoms. The second-order valence-electron chi connectivity index (χ2n) is 6.54. The Morgan fingerprint density at radius 1 is 0.926 bits per heavy atom. The molecule has 6 nitrogen and oxygen atoms in total. The molecule has 0 saturated heterocycles. The van der Waals surface area contributed by atoms with Crippen molar-refractivity contribution < 1.29 is 23.9 Å². The Balaban J connectivity index is 1.89. The lowest BCUT2D eigenvalue weighted by Crippen LogP contribution is -2.30. The highest BCUT2D eigenvalue weighted by atomic mass is 16.7. The van der Waals surface area contributed by atoms with Gasteiger partial charge in [0.1, 0.15) is 11.5 Å². The molecule has 0 aromatic heterocycles. The number of methoxy groups -OCH3 is 2. The SMILES string of the molecule is CCCCCCCON1C(=O)c2cc(OC)c3c(OC)cccc3c2C1=O. The van der Waals surface area contributed by atoms with Crippen molar-refractivity contribution in [3.8, 4) is 11.5 Å². The third-order valence-corrected chi connectivity index (χ3v) is 4.81. The fourth-order valence-corrected chi connectivity index (χ4v) is 3.43. The predicted molar refractivity (Wildman–Crippen MR) is 102 cm³/mol. The zero-order valence-corrected chi connectivity index (χ0v) is 16.0. The Hall–Kier alpha value is -2.60. The number of carbonyl (C=O) groups is 2.